The maximum absolute atomic E-state index is 9.18. The zero-order valence-corrected chi connectivity index (χ0v) is 8.52. The summed E-state index contributed by atoms with van der Waals surface area (Å²) in [7, 11) is 0. The Morgan fingerprint density at radius 3 is 2.73 bits per heavy atom. The van der Waals surface area contributed by atoms with E-state index in [9.17, 15) is 5.11 Å². The van der Waals surface area contributed by atoms with E-state index in [1.54, 1.807) is 18.3 Å². The Balaban J connectivity index is 2.84. The number of halogens is 1. The number of aliphatic hydroxyl groups excluding tert-OH is 1. The molecule has 4 heteroatoms. The molecule has 2 atom stereocenters. The van der Waals surface area contributed by atoms with Crippen LogP contribution in [0.2, 0.25) is 0 Å². The summed E-state index contributed by atoms with van der Waals surface area (Å²) in [6.07, 6.45) is -0.495. The number of aliphatic hydroxyl groups is 1. The van der Waals surface area contributed by atoms with Crippen molar-refractivity contribution in [2.45, 2.75) is 19.1 Å². The van der Waals surface area contributed by atoms with E-state index < -0.39 is 6.10 Å². The van der Waals surface area contributed by atoms with Crippen molar-refractivity contribution in [2.24, 2.45) is 5.73 Å². The lowest BCUT2D eigenvalue weighted by molar-refractivity contribution is 0.165. The van der Waals surface area contributed by atoms with Gasteiger partial charge in [0.05, 0.1) is 12.1 Å². The van der Waals surface area contributed by atoms with Gasteiger partial charge in [-0.3, -0.25) is 0 Å². The Morgan fingerprint density at radius 1 is 1.73 bits per heavy atom. The van der Waals surface area contributed by atoms with Gasteiger partial charge in [0.15, 0.2) is 0 Å². The van der Waals surface area contributed by atoms with Gasteiger partial charge in [-0.05, 0) is 34.3 Å². The predicted octanol–water partition coefficient (Wildman–Crippen LogP) is 1.89. The van der Waals surface area contributed by atoms with Gasteiger partial charge in [0.1, 0.15) is 0 Å². The van der Waals surface area contributed by atoms with Crippen LogP contribution in [0.25, 0.3) is 0 Å². The minimum atomic E-state index is -0.495. The van der Waals surface area contributed by atoms with Crippen molar-refractivity contribution >= 4 is 27.3 Å². The van der Waals surface area contributed by atoms with Gasteiger partial charge < -0.3 is 10.8 Å². The number of hydrogen-bond acceptors (Lipinski definition) is 3. The number of hydrogen-bond donors (Lipinski definition) is 2. The van der Waals surface area contributed by atoms with E-state index in [0.29, 0.717) is 0 Å². The van der Waals surface area contributed by atoms with Crippen LogP contribution in [0.4, 0.5) is 0 Å². The summed E-state index contributed by atoms with van der Waals surface area (Å²) in [6, 6.07) is 1.66. The summed E-state index contributed by atoms with van der Waals surface area (Å²) in [4.78, 5) is 1.00. The zero-order valence-electron chi connectivity index (χ0n) is 6.12. The highest BCUT2D eigenvalue weighted by Crippen LogP contribution is 2.29. The first-order valence-electron chi connectivity index (χ1n) is 3.29. The highest BCUT2D eigenvalue weighted by Gasteiger charge is 2.15. The van der Waals surface area contributed by atoms with Crippen LogP contribution < -0.4 is 5.73 Å². The van der Waals surface area contributed by atoms with E-state index >= 15 is 0 Å². The van der Waals surface area contributed by atoms with Gasteiger partial charge in [-0.2, -0.15) is 0 Å². The maximum atomic E-state index is 9.18. The molecule has 0 radical (unpaired) electrons. The van der Waals surface area contributed by atoms with Crippen molar-refractivity contribution < 1.29 is 5.11 Å². The molecule has 11 heavy (non-hydrogen) atoms. The minimum Gasteiger partial charge on any atom is -0.391 e. The Bertz CT molecular complexity index is 236. The second kappa shape index (κ2) is 3.67. The van der Waals surface area contributed by atoms with Gasteiger partial charge in [0, 0.05) is 9.35 Å². The van der Waals surface area contributed by atoms with Crippen LogP contribution in [0.1, 0.15) is 17.8 Å². The van der Waals surface area contributed by atoms with Gasteiger partial charge in [0.25, 0.3) is 0 Å². The van der Waals surface area contributed by atoms with Gasteiger partial charge in [-0.15, -0.1) is 11.3 Å². The average Bonchev–Trinajstić information content (AvgIpc) is 2.33. The van der Waals surface area contributed by atoms with Crippen molar-refractivity contribution in [3.05, 3.63) is 20.8 Å². The van der Waals surface area contributed by atoms with Crippen LogP contribution in [0.3, 0.4) is 0 Å². The molecule has 2 nitrogen and oxygen atoms in total. The third-order valence-corrected chi connectivity index (χ3v) is 3.44. The molecule has 3 N–H and O–H groups in total. The van der Waals surface area contributed by atoms with Gasteiger partial charge >= 0.3 is 0 Å². The molecule has 1 aromatic rings. The molecular formula is C7H10BrNOS. The fourth-order valence-electron chi connectivity index (χ4n) is 0.762. The normalized spacial score (nSPS) is 16.4. The van der Waals surface area contributed by atoms with Crippen molar-refractivity contribution in [3.8, 4) is 0 Å². The first-order chi connectivity index (χ1) is 5.13. The molecule has 0 spiro atoms. The van der Waals surface area contributed by atoms with E-state index in [0.717, 1.165) is 9.35 Å². The lowest BCUT2D eigenvalue weighted by Crippen LogP contribution is -2.22. The second-order valence-corrected chi connectivity index (χ2v) is 4.20. The fraction of sp³-hybridized carbons (Fsp3) is 0.429. The van der Waals surface area contributed by atoms with Crippen LogP contribution in [-0.2, 0) is 0 Å². The molecule has 0 bridgehead atoms. The van der Waals surface area contributed by atoms with Crippen molar-refractivity contribution in [3.63, 3.8) is 0 Å². The SMILES string of the molecule is C[C@H](O)[C@H](N)c1sccc1Br. The maximum Gasteiger partial charge on any atom is 0.0713 e. The van der Waals surface area contributed by atoms with Crippen molar-refractivity contribution in [1.29, 1.82) is 0 Å². The first kappa shape index (κ1) is 9.19. The smallest absolute Gasteiger partial charge is 0.0713 e. The molecule has 0 saturated heterocycles. The average molecular weight is 236 g/mol. The van der Waals surface area contributed by atoms with Crippen LogP contribution >= 0.6 is 27.3 Å². The van der Waals surface area contributed by atoms with Gasteiger partial charge in [0.2, 0.25) is 0 Å². The summed E-state index contributed by atoms with van der Waals surface area (Å²) in [5, 5.41) is 11.1. The van der Waals surface area contributed by atoms with Gasteiger partial charge in [-0.25, -0.2) is 0 Å². The van der Waals surface area contributed by atoms with Crippen LogP contribution in [0.5, 0.6) is 0 Å². The molecule has 62 valence electrons. The standard InChI is InChI=1S/C7H10BrNOS/c1-4(10)6(9)7-5(8)2-3-11-7/h2-4,6,10H,9H2,1H3/t4-,6-/m0/s1. The molecule has 1 aromatic heterocycles. The monoisotopic (exact) mass is 235 g/mol. The molecule has 0 aliphatic carbocycles. The molecular weight excluding hydrogens is 226 g/mol. The summed E-state index contributed by atoms with van der Waals surface area (Å²) in [5.74, 6) is 0. The lowest BCUT2D eigenvalue weighted by atomic mass is 10.2. The van der Waals surface area contributed by atoms with Crippen LogP contribution in [0.15, 0.2) is 15.9 Å². The molecule has 0 aliphatic rings. The lowest BCUT2D eigenvalue weighted by Gasteiger charge is -2.12. The van der Waals surface area contributed by atoms with Crippen LogP contribution in [-0.4, -0.2) is 11.2 Å². The quantitative estimate of drug-likeness (QED) is 0.823. The van der Waals surface area contributed by atoms with Gasteiger partial charge in [-0.1, -0.05) is 0 Å². The molecule has 0 fully saturated rings. The molecule has 0 aromatic carbocycles. The predicted molar refractivity (Wildman–Crippen MR) is 50.6 cm³/mol. The van der Waals surface area contributed by atoms with E-state index in [1.165, 1.54) is 0 Å². The topological polar surface area (TPSA) is 46.2 Å². The Kier molecular flexibility index (Phi) is 3.06. The molecule has 0 aliphatic heterocycles. The number of rotatable bonds is 2. The van der Waals surface area contributed by atoms with Crippen molar-refractivity contribution in [2.75, 3.05) is 0 Å². The van der Waals surface area contributed by atoms with E-state index in [1.807, 2.05) is 11.4 Å². The molecule has 0 unspecified atom stereocenters. The number of thiophene rings is 1. The molecule has 0 amide bonds. The van der Waals surface area contributed by atoms with Crippen LogP contribution in [0, 0.1) is 0 Å². The first-order valence-corrected chi connectivity index (χ1v) is 4.96. The highest BCUT2D eigenvalue weighted by molar-refractivity contribution is 9.10. The molecule has 0 saturated carbocycles. The third-order valence-electron chi connectivity index (χ3n) is 1.47. The Hall–Kier alpha value is 0.100. The highest BCUT2D eigenvalue weighted by atomic mass is 79.9. The summed E-state index contributed by atoms with van der Waals surface area (Å²) >= 11 is 4.91. The third kappa shape index (κ3) is 2.02. The van der Waals surface area contributed by atoms with E-state index in [-0.39, 0.29) is 6.04 Å². The zero-order chi connectivity index (χ0) is 8.43. The number of nitrogens with two attached hydrogens (primary N) is 1. The molecule has 1 rings (SSSR count). The summed E-state index contributed by atoms with van der Waals surface area (Å²) in [5.41, 5.74) is 5.71. The summed E-state index contributed by atoms with van der Waals surface area (Å²) in [6.45, 7) is 1.69. The Morgan fingerprint density at radius 2 is 2.36 bits per heavy atom. The fourth-order valence-corrected chi connectivity index (χ4v) is 2.50. The van der Waals surface area contributed by atoms with E-state index in [2.05, 4.69) is 15.9 Å². The summed E-state index contributed by atoms with van der Waals surface area (Å²) < 4.78 is 0.982. The largest absolute Gasteiger partial charge is 0.391 e. The second-order valence-electron chi connectivity index (χ2n) is 2.40. The minimum absolute atomic E-state index is 0.274. The Labute approximate surface area is 78.2 Å². The van der Waals surface area contributed by atoms with Crippen molar-refractivity contribution in [1.82, 2.24) is 0 Å². The van der Waals surface area contributed by atoms with E-state index in [4.69, 9.17) is 5.73 Å². The molecule has 1 heterocycles.